The summed E-state index contributed by atoms with van der Waals surface area (Å²) in [5, 5.41) is 4.45. The fourth-order valence-electron chi connectivity index (χ4n) is 4.02. The Labute approximate surface area is 182 Å². The number of carbonyl (C=O) groups is 1. The Bertz CT molecular complexity index is 998. The number of methoxy groups -OCH3 is 1. The van der Waals surface area contributed by atoms with Crippen molar-refractivity contribution in [1.82, 2.24) is 24.8 Å². The highest BCUT2D eigenvalue weighted by atomic mass is 16.5. The lowest BCUT2D eigenvalue weighted by Gasteiger charge is -2.27. The molecule has 3 heterocycles. The minimum Gasteiger partial charge on any atom is -0.498 e. The summed E-state index contributed by atoms with van der Waals surface area (Å²) >= 11 is 0. The molecule has 1 aliphatic carbocycles. The van der Waals surface area contributed by atoms with Gasteiger partial charge in [-0.2, -0.15) is 0 Å². The summed E-state index contributed by atoms with van der Waals surface area (Å²) in [6.45, 7) is 5.45. The first-order valence-electron chi connectivity index (χ1n) is 10.7. The van der Waals surface area contributed by atoms with Gasteiger partial charge in [0.05, 0.1) is 12.5 Å². The number of ether oxygens (including phenoxy) is 2. The fraction of sp³-hybridized carbons (Fsp3) is 0.500. The van der Waals surface area contributed by atoms with Crippen LogP contribution in [-0.4, -0.2) is 77.2 Å². The topological polar surface area (TPSA) is 95.6 Å². The van der Waals surface area contributed by atoms with Crippen LogP contribution in [0.5, 0.6) is 0 Å². The molecule has 1 aliphatic heterocycles. The van der Waals surface area contributed by atoms with Gasteiger partial charge in [-0.1, -0.05) is 6.92 Å². The molecule has 2 N–H and O–H groups in total. The van der Waals surface area contributed by atoms with Crippen LogP contribution >= 0.6 is 0 Å². The van der Waals surface area contributed by atoms with Gasteiger partial charge in [0.15, 0.2) is 0 Å². The van der Waals surface area contributed by atoms with Crippen LogP contribution in [0, 0.1) is 0 Å². The first-order chi connectivity index (χ1) is 15.1. The number of likely N-dealkylation sites (N-methyl/N-ethyl adjacent to an activating group) is 1. The second-order valence-electron chi connectivity index (χ2n) is 7.89. The van der Waals surface area contributed by atoms with Crippen LogP contribution in [0.4, 0.5) is 5.82 Å². The van der Waals surface area contributed by atoms with Crippen molar-refractivity contribution in [2.75, 3.05) is 45.7 Å². The van der Waals surface area contributed by atoms with E-state index in [9.17, 15) is 4.79 Å². The maximum absolute atomic E-state index is 12.5. The maximum atomic E-state index is 12.5. The molecular formula is C22H30N6O3. The smallest absolute Gasteiger partial charge is 0.248 e. The number of H-pyrrole nitrogens is 1. The van der Waals surface area contributed by atoms with Gasteiger partial charge in [0.25, 0.3) is 0 Å². The van der Waals surface area contributed by atoms with Gasteiger partial charge >= 0.3 is 0 Å². The third-order valence-electron chi connectivity index (χ3n) is 5.88. The highest BCUT2D eigenvalue weighted by molar-refractivity contribution is 5.91. The molecule has 1 unspecified atom stereocenters. The zero-order valence-electron chi connectivity index (χ0n) is 18.4. The molecule has 0 saturated carbocycles. The molecular weight excluding hydrogens is 396 g/mol. The summed E-state index contributed by atoms with van der Waals surface area (Å²) in [5.74, 6) is 1.44. The molecule has 9 heteroatoms. The number of amides is 1. The van der Waals surface area contributed by atoms with E-state index in [1.165, 1.54) is 0 Å². The molecule has 0 saturated heterocycles. The lowest BCUT2D eigenvalue weighted by molar-refractivity contribution is -0.136. The Hall–Kier alpha value is -2.91. The molecule has 9 nitrogen and oxygen atoms in total. The number of fused-ring (bicyclic) bond motifs is 2. The predicted octanol–water partition coefficient (Wildman–Crippen LogP) is 2.26. The van der Waals surface area contributed by atoms with Crippen molar-refractivity contribution in [1.29, 1.82) is 0 Å². The number of aromatic nitrogens is 3. The standard InChI is InChI=1S/C22H30N6O3/c1-4-28-9-5-8-27(2)19(29)13-31-18-10-16(6-7-17(18)30-3)26-22-20-15(12-28)11-23-21(20)24-14-25-22/h6-7,11,14,18H,4-5,8-10,12-13H2,1-3H3,(H2,23,24,25,26). The van der Waals surface area contributed by atoms with Gasteiger partial charge in [-0.05, 0) is 30.7 Å². The minimum atomic E-state index is -0.332. The molecule has 2 aliphatic rings. The van der Waals surface area contributed by atoms with Crippen LogP contribution in [0.3, 0.4) is 0 Å². The monoisotopic (exact) mass is 426 g/mol. The van der Waals surface area contributed by atoms with Crippen molar-refractivity contribution in [2.45, 2.75) is 32.4 Å². The Morgan fingerprint density at radius 1 is 1.29 bits per heavy atom. The molecule has 2 aromatic rings. The quantitative estimate of drug-likeness (QED) is 0.760. The summed E-state index contributed by atoms with van der Waals surface area (Å²) in [5.41, 5.74) is 2.90. The number of hydrogen-bond acceptors (Lipinski definition) is 7. The Morgan fingerprint density at radius 3 is 2.97 bits per heavy atom. The molecule has 0 spiro atoms. The molecule has 0 fully saturated rings. The van der Waals surface area contributed by atoms with Crippen molar-refractivity contribution in [3.05, 3.63) is 41.7 Å². The first-order valence-corrected chi connectivity index (χ1v) is 10.7. The van der Waals surface area contributed by atoms with E-state index in [4.69, 9.17) is 9.47 Å². The largest absolute Gasteiger partial charge is 0.498 e. The highest BCUT2D eigenvalue weighted by Crippen LogP contribution is 2.29. The van der Waals surface area contributed by atoms with E-state index in [0.717, 1.165) is 54.2 Å². The number of hydrogen-bond donors (Lipinski definition) is 2. The van der Waals surface area contributed by atoms with E-state index < -0.39 is 0 Å². The number of nitrogens with zero attached hydrogens (tertiary/aromatic N) is 4. The molecule has 4 rings (SSSR count). The maximum Gasteiger partial charge on any atom is 0.248 e. The second kappa shape index (κ2) is 9.49. The SMILES string of the molecule is CCN1CCCN(C)C(=O)COC2CC(=CC=C2OC)Nc2ncnc3[nH]cc(c23)C1. The van der Waals surface area contributed by atoms with Crippen LogP contribution in [0.15, 0.2) is 36.1 Å². The van der Waals surface area contributed by atoms with Gasteiger partial charge in [0.1, 0.15) is 36.3 Å². The number of carbonyl (C=O) groups excluding carboxylic acids is 1. The molecule has 1 amide bonds. The van der Waals surface area contributed by atoms with E-state index in [1.54, 1.807) is 18.3 Å². The van der Waals surface area contributed by atoms with Crippen LogP contribution in [0.2, 0.25) is 0 Å². The van der Waals surface area contributed by atoms with Crippen molar-refractivity contribution >= 4 is 22.8 Å². The van der Waals surface area contributed by atoms with Gasteiger partial charge in [-0.15, -0.1) is 0 Å². The Kier molecular flexibility index (Phi) is 6.53. The predicted molar refractivity (Wildman–Crippen MR) is 118 cm³/mol. The van der Waals surface area contributed by atoms with Gasteiger partial charge < -0.3 is 24.7 Å². The van der Waals surface area contributed by atoms with E-state index >= 15 is 0 Å². The lowest BCUT2D eigenvalue weighted by Crippen LogP contribution is -2.35. The molecule has 2 aromatic heterocycles. The van der Waals surface area contributed by atoms with Crippen LogP contribution in [0.1, 0.15) is 25.3 Å². The van der Waals surface area contributed by atoms with Crippen molar-refractivity contribution in [3.63, 3.8) is 0 Å². The van der Waals surface area contributed by atoms with Gasteiger partial charge in [-0.3, -0.25) is 9.69 Å². The lowest BCUT2D eigenvalue weighted by atomic mass is 10.1. The van der Waals surface area contributed by atoms with Gasteiger partial charge in [-0.25, -0.2) is 9.97 Å². The summed E-state index contributed by atoms with van der Waals surface area (Å²) < 4.78 is 11.4. The van der Waals surface area contributed by atoms with Crippen molar-refractivity contribution in [3.8, 4) is 0 Å². The average Bonchev–Trinajstić information content (AvgIpc) is 3.20. The Morgan fingerprint density at radius 2 is 2.16 bits per heavy atom. The number of aromatic amines is 1. The van der Waals surface area contributed by atoms with Crippen LogP contribution < -0.4 is 5.32 Å². The highest BCUT2D eigenvalue weighted by Gasteiger charge is 2.24. The summed E-state index contributed by atoms with van der Waals surface area (Å²) in [6.07, 6.45) is 8.53. The molecule has 1 atom stereocenters. The summed E-state index contributed by atoms with van der Waals surface area (Å²) in [7, 11) is 3.45. The zero-order valence-corrected chi connectivity index (χ0v) is 18.4. The number of allylic oxidation sites excluding steroid dienone is 2. The normalized spacial score (nSPS) is 21.5. The molecule has 2 bridgehead atoms. The third kappa shape index (κ3) is 4.72. The third-order valence-corrected chi connectivity index (χ3v) is 5.88. The molecule has 0 aromatic carbocycles. The first kappa shape index (κ1) is 21.3. The second-order valence-corrected chi connectivity index (χ2v) is 7.89. The summed E-state index contributed by atoms with van der Waals surface area (Å²) in [4.78, 5) is 28.8. The zero-order chi connectivity index (χ0) is 21.8. The van der Waals surface area contributed by atoms with E-state index in [0.29, 0.717) is 18.7 Å². The van der Waals surface area contributed by atoms with E-state index in [2.05, 4.69) is 32.1 Å². The number of rotatable bonds is 2. The minimum absolute atomic E-state index is 0.0202. The van der Waals surface area contributed by atoms with E-state index in [-0.39, 0.29) is 18.6 Å². The van der Waals surface area contributed by atoms with Crippen LogP contribution in [0.25, 0.3) is 11.0 Å². The summed E-state index contributed by atoms with van der Waals surface area (Å²) in [6, 6.07) is 0. The Balaban J connectivity index is 1.69. The van der Waals surface area contributed by atoms with Crippen molar-refractivity contribution < 1.29 is 14.3 Å². The number of nitrogens with one attached hydrogen (secondary N) is 2. The van der Waals surface area contributed by atoms with Gasteiger partial charge in [0.2, 0.25) is 5.91 Å². The molecule has 166 valence electrons. The average molecular weight is 427 g/mol. The van der Waals surface area contributed by atoms with Crippen LogP contribution in [-0.2, 0) is 20.8 Å². The fourth-order valence-corrected chi connectivity index (χ4v) is 4.02. The molecule has 0 radical (unpaired) electrons. The van der Waals surface area contributed by atoms with E-state index in [1.807, 2.05) is 25.4 Å². The number of anilines is 1. The van der Waals surface area contributed by atoms with Gasteiger partial charge in [0, 0.05) is 45.0 Å². The van der Waals surface area contributed by atoms with Crippen molar-refractivity contribution in [2.24, 2.45) is 0 Å². The molecule has 31 heavy (non-hydrogen) atoms.